The van der Waals surface area contributed by atoms with Gasteiger partial charge in [-0.3, -0.25) is 4.90 Å². The lowest BCUT2D eigenvalue weighted by molar-refractivity contribution is 0.163. The van der Waals surface area contributed by atoms with Crippen LogP contribution < -0.4 is 5.32 Å². The number of halogens is 2. The second kappa shape index (κ2) is 7.36. The van der Waals surface area contributed by atoms with E-state index in [0.29, 0.717) is 6.04 Å². The Morgan fingerprint density at radius 2 is 2.05 bits per heavy atom. The van der Waals surface area contributed by atoms with Crippen molar-refractivity contribution >= 4 is 15.9 Å². The Morgan fingerprint density at radius 3 is 2.68 bits per heavy atom. The van der Waals surface area contributed by atoms with Crippen LogP contribution in [0.15, 0.2) is 22.7 Å². The highest BCUT2D eigenvalue weighted by molar-refractivity contribution is 9.10. The molecule has 1 aliphatic heterocycles. The van der Waals surface area contributed by atoms with Gasteiger partial charge < -0.3 is 5.32 Å². The van der Waals surface area contributed by atoms with E-state index >= 15 is 0 Å². The molecule has 4 heteroatoms. The third kappa shape index (κ3) is 4.26. The van der Waals surface area contributed by atoms with Crippen molar-refractivity contribution in [3.63, 3.8) is 0 Å². The minimum Gasteiger partial charge on any atom is -0.314 e. The van der Waals surface area contributed by atoms with E-state index in [1.54, 1.807) is 6.07 Å². The summed E-state index contributed by atoms with van der Waals surface area (Å²) in [6.07, 6.45) is 3.47. The van der Waals surface area contributed by atoms with Gasteiger partial charge in [0.1, 0.15) is 5.82 Å². The first-order chi connectivity index (χ1) is 9.20. The van der Waals surface area contributed by atoms with E-state index < -0.39 is 0 Å². The maximum Gasteiger partial charge on any atom is 0.124 e. The Labute approximate surface area is 123 Å². The van der Waals surface area contributed by atoms with Crippen molar-refractivity contribution in [3.05, 3.63) is 34.1 Å². The number of nitrogens with zero attached hydrogens (tertiary/aromatic N) is 1. The molecule has 0 saturated carbocycles. The van der Waals surface area contributed by atoms with Crippen molar-refractivity contribution in [2.75, 3.05) is 26.2 Å². The molecule has 0 spiro atoms. The van der Waals surface area contributed by atoms with Crippen LogP contribution in [0, 0.1) is 5.82 Å². The highest BCUT2D eigenvalue weighted by Gasteiger charge is 2.22. The zero-order chi connectivity index (χ0) is 13.7. The number of hydrogen-bond donors (Lipinski definition) is 1. The van der Waals surface area contributed by atoms with Gasteiger partial charge in [-0.2, -0.15) is 0 Å². The Hall–Kier alpha value is -0.450. The Kier molecular flexibility index (Phi) is 5.79. The third-order valence-corrected chi connectivity index (χ3v) is 4.15. The smallest absolute Gasteiger partial charge is 0.124 e. The maximum atomic E-state index is 13.6. The fraction of sp³-hybridized carbons (Fsp3) is 0.600. The summed E-state index contributed by atoms with van der Waals surface area (Å²) < 4.78 is 14.4. The van der Waals surface area contributed by atoms with Crippen LogP contribution in [0.25, 0.3) is 0 Å². The molecule has 0 aliphatic carbocycles. The van der Waals surface area contributed by atoms with Crippen LogP contribution in [-0.2, 0) is 0 Å². The van der Waals surface area contributed by atoms with Crippen LogP contribution in [0.4, 0.5) is 4.39 Å². The number of piperazine rings is 1. The number of benzene rings is 1. The normalized spacial score (nSPS) is 18.5. The van der Waals surface area contributed by atoms with E-state index in [1.807, 2.05) is 0 Å². The fourth-order valence-corrected chi connectivity index (χ4v) is 3.20. The maximum absolute atomic E-state index is 13.6. The quantitative estimate of drug-likeness (QED) is 0.886. The summed E-state index contributed by atoms with van der Waals surface area (Å²) in [5.41, 5.74) is 1.10. The summed E-state index contributed by atoms with van der Waals surface area (Å²) in [6, 6.07) is 5.62. The molecule has 19 heavy (non-hydrogen) atoms. The van der Waals surface area contributed by atoms with Gasteiger partial charge in [0.05, 0.1) is 0 Å². The van der Waals surface area contributed by atoms with Gasteiger partial charge in [-0.1, -0.05) is 35.7 Å². The van der Waals surface area contributed by atoms with E-state index in [9.17, 15) is 4.39 Å². The van der Waals surface area contributed by atoms with Crippen molar-refractivity contribution in [1.82, 2.24) is 10.2 Å². The first-order valence-electron chi connectivity index (χ1n) is 7.11. The summed E-state index contributed by atoms with van der Waals surface area (Å²) in [7, 11) is 0. The van der Waals surface area contributed by atoms with Gasteiger partial charge in [0.15, 0.2) is 0 Å². The van der Waals surface area contributed by atoms with E-state index in [0.717, 1.165) is 42.6 Å². The number of unbranched alkanes of at least 4 members (excludes halogenated alkanes) is 1. The number of nitrogens with one attached hydrogen (secondary N) is 1. The zero-order valence-electron chi connectivity index (χ0n) is 11.5. The van der Waals surface area contributed by atoms with Crippen molar-refractivity contribution < 1.29 is 4.39 Å². The van der Waals surface area contributed by atoms with Crippen LogP contribution in [0.2, 0.25) is 0 Å². The molecular weight excluding hydrogens is 307 g/mol. The van der Waals surface area contributed by atoms with Crippen LogP contribution in [0.5, 0.6) is 0 Å². The summed E-state index contributed by atoms with van der Waals surface area (Å²) >= 11 is 3.40. The molecule has 1 saturated heterocycles. The van der Waals surface area contributed by atoms with Crippen molar-refractivity contribution in [2.24, 2.45) is 0 Å². The van der Waals surface area contributed by atoms with Gasteiger partial charge in [-0.25, -0.2) is 4.39 Å². The van der Waals surface area contributed by atoms with Crippen LogP contribution >= 0.6 is 15.9 Å². The first kappa shape index (κ1) is 14.9. The highest BCUT2D eigenvalue weighted by atomic mass is 79.9. The van der Waals surface area contributed by atoms with Gasteiger partial charge in [-0.05, 0) is 30.2 Å². The predicted molar refractivity (Wildman–Crippen MR) is 80.8 cm³/mol. The van der Waals surface area contributed by atoms with Gasteiger partial charge in [0.25, 0.3) is 0 Å². The molecule has 0 unspecified atom stereocenters. The fourth-order valence-electron chi connectivity index (χ4n) is 2.72. The van der Waals surface area contributed by atoms with Crippen molar-refractivity contribution in [3.8, 4) is 0 Å². The van der Waals surface area contributed by atoms with Crippen LogP contribution in [0.3, 0.4) is 0 Å². The average molecular weight is 329 g/mol. The number of rotatable bonds is 5. The van der Waals surface area contributed by atoms with Gasteiger partial charge in [0.2, 0.25) is 0 Å². The largest absolute Gasteiger partial charge is 0.314 e. The SMILES string of the molecule is CCCC[C@@H](c1cc(F)cc(Br)c1)N1CCNCC1. The number of hydrogen-bond acceptors (Lipinski definition) is 2. The molecule has 2 rings (SSSR count). The molecule has 0 bridgehead atoms. The molecule has 1 aliphatic rings. The Bertz CT molecular complexity index is 385. The summed E-state index contributed by atoms with van der Waals surface area (Å²) in [5.74, 6) is -0.152. The molecule has 1 aromatic rings. The molecule has 1 atom stereocenters. The first-order valence-corrected chi connectivity index (χ1v) is 7.90. The minimum absolute atomic E-state index is 0.152. The van der Waals surface area contributed by atoms with Crippen molar-refractivity contribution in [2.45, 2.75) is 32.2 Å². The second-order valence-corrected chi connectivity index (χ2v) is 6.06. The predicted octanol–water partition coefficient (Wildman–Crippen LogP) is 3.72. The lowest BCUT2D eigenvalue weighted by Gasteiger charge is -2.35. The monoisotopic (exact) mass is 328 g/mol. The molecule has 106 valence electrons. The summed E-state index contributed by atoms with van der Waals surface area (Å²) in [6.45, 7) is 6.35. The average Bonchev–Trinajstić information content (AvgIpc) is 2.39. The van der Waals surface area contributed by atoms with Gasteiger partial charge in [-0.15, -0.1) is 0 Å². The van der Waals surface area contributed by atoms with Crippen molar-refractivity contribution in [1.29, 1.82) is 0 Å². The molecule has 2 nitrogen and oxygen atoms in total. The van der Waals surface area contributed by atoms with E-state index in [1.165, 1.54) is 18.9 Å². The second-order valence-electron chi connectivity index (χ2n) is 5.15. The molecule has 0 radical (unpaired) electrons. The molecule has 1 N–H and O–H groups in total. The van der Waals surface area contributed by atoms with E-state index in [2.05, 4.69) is 39.1 Å². The molecule has 1 aromatic carbocycles. The third-order valence-electron chi connectivity index (χ3n) is 3.69. The molecule has 1 fully saturated rings. The van der Waals surface area contributed by atoms with E-state index in [-0.39, 0.29) is 5.82 Å². The molecular formula is C15H22BrFN2. The molecule has 0 aromatic heterocycles. The minimum atomic E-state index is -0.152. The van der Waals surface area contributed by atoms with Crippen LogP contribution in [0.1, 0.15) is 37.8 Å². The van der Waals surface area contributed by atoms with Crippen LogP contribution in [-0.4, -0.2) is 31.1 Å². The highest BCUT2D eigenvalue weighted by Crippen LogP contribution is 2.29. The van der Waals surface area contributed by atoms with Gasteiger partial charge in [0, 0.05) is 36.7 Å². The van der Waals surface area contributed by atoms with Gasteiger partial charge >= 0.3 is 0 Å². The molecule has 1 heterocycles. The lowest BCUT2D eigenvalue weighted by Crippen LogP contribution is -2.45. The zero-order valence-corrected chi connectivity index (χ0v) is 13.0. The topological polar surface area (TPSA) is 15.3 Å². The Balaban J connectivity index is 2.19. The Morgan fingerprint density at radius 1 is 1.32 bits per heavy atom. The van der Waals surface area contributed by atoms with E-state index in [4.69, 9.17) is 0 Å². The molecule has 0 amide bonds. The summed E-state index contributed by atoms with van der Waals surface area (Å²) in [5, 5.41) is 3.37. The summed E-state index contributed by atoms with van der Waals surface area (Å²) in [4.78, 5) is 2.48. The lowest BCUT2D eigenvalue weighted by atomic mass is 9.98. The standard InChI is InChI=1S/C15H22BrFN2/c1-2-3-4-15(19-7-5-18-6-8-19)12-9-13(16)11-14(17)10-12/h9-11,15,18H,2-8H2,1H3/t15-/m0/s1.